The van der Waals surface area contributed by atoms with Gasteiger partial charge in [0.2, 0.25) is 0 Å². The fourth-order valence-corrected chi connectivity index (χ4v) is 1.20. The van der Waals surface area contributed by atoms with Gasteiger partial charge < -0.3 is 0 Å². The summed E-state index contributed by atoms with van der Waals surface area (Å²) in [7, 11) is 0. The molecular weight excluding hydrogens is 110 g/mol. The zero-order chi connectivity index (χ0) is 6.85. The highest BCUT2D eigenvalue weighted by Gasteiger charge is 2.27. The van der Waals surface area contributed by atoms with Crippen LogP contribution < -0.4 is 0 Å². The Bertz CT molecular complexity index is 132. The average Bonchev–Trinajstić information content (AvgIpc) is 1.61. The monoisotopic (exact) mass is 123 g/mol. The summed E-state index contributed by atoms with van der Waals surface area (Å²) in [6.45, 7) is 5.56. The van der Waals surface area contributed by atoms with Gasteiger partial charge in [0.25, 0.3) is 0 Å². The molecule has 1 atom stereocenters. The van der Waals surface area contributed by atoms with Crippen molar-refractivity contribution in [2.75, 3.05) is 6.54 Å². The Morgan fingerprint density at radius 2 is 2.33 bits per heavy atom. The standard InChI is InChI=1S/C8H13N/c1-4-8-5-6-9(8)7(2)3/h1,7-8H,5-6H2,2-3H3/t8-/m0/s1. The Hall–Kier alpha value is -0.480. The highest BCUT2D eigenvalue weighted by atomic mass is 15.2. The second-order valence-corrected chi connectivity index (χ2v) is 2.80. The van der Waals surface area contributed by atoms with Crippen LogP contribution in [0.1, 0.15) is 20.3 Å². The van der Waals surface area contributed by atoms with Gasteiger partial charge in [-0.3, -0.25) is 4.90 Å². The van der Waals surface area contributed by atoms with Crippen LogP contribution in [-0.4, -0.2) is 23.5 Å². The van der Waals surface area contributed by atoms with Crippen molar-refractivity contribution in [3.63, 3.8) is 0 Å². The van der Waals surface area contributed by atoms with E-state index >= 15 is 0 Å². The summed E-state index contributed by atoms with van der Waals surface area (Å²) in [6.07, 6.45) is 6.46. The highest BCUT2D eigenvalue weighted by molar-refractivity contribution is 5.06. The van der Waals surface area contributed by atoms with Crippen LogP contribution in [0.3, 0.4) is 0 Å². The van der Waals surface area contributed by atoms with Gasteiger partial charge in [0.15, 0.2) is 0 Å². The van der Waals surface area contributed by atoms with Crippen molar-refractivity contribution in [3.05, 3.63) is 0 Å². The molecule has 0 saturated carbocycles. The van der Waals surface area contributed by atoms with Crippen LogP contribution in [0.15, 0.2) is 0 Å². The van der Waals surface area contributed by atoms with Crippen molar-refractivity contribution in [3.8, 4) is 12.3 Å². The molecule has 0 aromatic carbocycles. The zero-order valence-corrected chi connectivity index (χ0v) is 6.09. The molecule has 0 radical (unpaired) electrons. The molecule has 1 heteroatoms. The van der Waals surface area contributed by atoms with Gasteiger partial charge in [0.1, 0.15) is 0 Å². The highest BCUT2D eigenvalue weighted by Crippen LogP contribution is 2.18. The first-order valence-electron chi connectivity index (χ1n) is 3.47. The summed E-state index contributed by atoms with van der Waals surface area (Å²) in [5.74, 6) is 2.76. The van der Waals surface area contributed by atoms with Gasteiger partial charge in [-0.2, -0.15) is 0 Å². The molecule has 50 valence electrons. The topological polar surface area (TPSA) is 3.24 Å². The van der Waals surface area contributed by atoms with Crippen molar-refractivity contribution in [1.29, 1.82) is 0 Å². The molecule has 1 rings (SSSR count). The molecule has 1 aliphatic rings. The SMILES string of the molecule is C#C[C@H]1CCN1C(C)C. The van der Waals surface area contributed by atoms with E-state index in [9.17, 15) is 0 Å². The average molecular weight is 123 g/mol. The van der Waals surface area contributed by atoms with E-state index in [1.807, 2.05) is 0 Å². The number of hydrogen-bond acceptors (Lipinski definition) is 1. The van der Waals surface area contributed by atoms with Crippen LogP contribution >= 0.6 is 0 Å². The molecule has 1 heterocycles. The lowest BCUT2D eigenvalue weighted by atomic mass is 10.0. The lowest BCUT2D eigenvalue weighted by molar-refractivity contribution is 0.0941. The lowest BCUT2D eigenvalue weighted by Gasteiger charge is -2.40. The van der Waals surface area contributed by atoms with Crippen LogP contribution in [0, 0.1) is 12.3 Å². The summed E-state index contributed by atoms with van der Waals surface area (Å²) < 4.78 is 0. The molecule has 0 unspecified atom stereocenters. The molecule has 0 N–H and O–H groups in total. The van der Waals surface area contributed by atoms with Crippen molar-refractivity contribution in [2.24, 2.45) is 0 Å². The molecule has 0 aliphatic carbocycles. The minimum atomic E-state index is 0.435. The van der Waals surface area contributed by atoms with Gasteiger partial charge in [-0.15, -0.1) is 6.42 Å². The lowest BCUT2D eigenvalue weighted by Crippen LogP contribution is -2.50. The Morgan fingerprint density at radius 3 is 2.44 bits per heavy atom. The first-order chi connectivity index (χ1) is 4.25. The molecule has 9 heavy (non-hydrogen) atoms. The van der Waals surface area contributed by atoms with Crippen LogP contribution in [-0.2, 0) is 0 Å². The maximum Gasteiger partial charge on any atom is 0.0726 e. The van der Waals surface area contributed by atoms with Gasteiger partial charge in [-0.1, -0.05) is 5.92 Å². The molecule has 1 fully saturated rings. The summed E-state index contributed by atoms with van der Waals surface area (Å²) in [6, 6.07) is 1.06. The molecule has 1 saturated heterocycles. The van der Waals surface area contributed by atoms with E-state index in [1.165, 1.54) is 13.0 Å². The molecule has 0 aromatic heterocycles. The van der Waals surface area contributed by atoms with Gasteiger partial charge in [-0.25, -0.2) is 0 Å². The van der Waals surface area contributed by atoms with Crippen molar-refractivity contribution in [2.45, 2.75) is 32.4 Å². The Balaban J connectivity index is 2.38. The third-order valence-corrected chi connectivity index (χ3v) is 1.92. The van der Waals surface area contributed by atoms with Crippen molar-refractivity contribution in [1.82, 2.24) is 4.90 Å². The van der Waals surface area contributed by atoms with Crippen LogP contribution in [0.25, 0.3) is 0 Å². The van der Waals surface area contributed by atoms with E-state index in [4.69, 9.17) is 6.42 Å². The number of nitrogens with zero attached hydrogens (tertiary/aromatic N) is 1. The third-order valence-electron chi connectivity index (χ3n) is 1.92. The molecule has 0 bridgehead atoms. The molecule has 1 aliphatic heterocycles. The van der Waals surface area contributed by atoms with Crippen LogP contribution in [0.4, 0.5) is 0 Å². The van der Waals surface area contributed by atoms with E-state index in [0.717, 1.165) is 0 Å². The largest absolute Gasteiger partial charge is 0.287 e. The fraction of sp³-hybridized carbons (Fsp3) is 0.750. The number of likely N-dealkylation sites (tertiary alicyclic amines) is 1. The summed E-state index contributed by atoms with van der Waals surface area (Å²) >= 11 is 0. The predicted molar refractivity (Wildman–Crippen MR) is 39.1 cm³/mol. The number of terminal acetylenes is 1. The van der Waals surface area contributed by atoms with Gasteiger partial charge in [0.05, 0.1) is 6.04 Å². The summed E-state index contributed by atoms with van der Waals surface area (Å²) in [5, 5.41) is 0. The van der Waals surface area contributed by atoms with E-state index < -0.39 is 0 Å². The molecular formula is C8H13N. The van der Waals surface area contributed by atoms with Crippen LogP contribution in [0.2, 0.25) is 0 Å². The summed E-state index contributed by atoms with van der Waals surface area (Å²) in [4.78, 5) is 2.33. The smallest absolute Gasteiger partial charge is 0.0726 e. The van der Waals surface area contributed by atoms with Crippen LogP contribution in [0.5, 0.6) is 0 Å². The van der Waals surface area contributed by atoms with E-state index in [0.29, 0.717) is 12.1 Å². The van der Waals surface area contributed by atoms with E-state index in [1.54, 1.807) is 0 Å². The van der Waals surface area contributed by atoms with Crippen molar-refractivity contribution >= 4 is 0 Å². The number of hydrogen-bond donors (Lipinski definition) is 0. The molecule has 1 nitrogen and oxygen atoms in total. The minimum absolute atomic E-state index is 0.435. The summed E-state index contributed by atoms with van der Waals surface area (Å²) in [5.41, 5.74) is 0. The maximum absolute atomic E-state index is 5.27. The van der Waals surface area contributed by atoms with Gasteiger partial charge in [0, 0.05) is 12.6 Å². The first kappa shape index (κ1) is 6.64. The first-order valence-corrected chi connectivity index (χ1v) is 3.47. The normalized spacial score (nSPS) is 27.6. The van der Waals surface area contributed by atoms with Gasteiger partial charge >= 0.3 is 0 Å². The Labute approximate surface area is 57.0 Å². The maximum atomic E-state index is 5.27. The molecule has 0 aromatic rings. The molecule has 0 spiro atoms. The van der Waals surface area contributed by atoms with Crippen molar-refractivity contribution < 1.29 is 0 Å². The quantitative estimate of drug-likeness (QED) is 0.472. The Morgan fingerprint density at radius 1 is 1.67 bits per heavy atom. The number of rotatable bonds is 1. The second kappa shape index (κ2) is 2.41. The predicted octanol–water partition coefficient (Wildman–Crippen LogP) is 1.10. The van der Waals surface area contributed by atoms with E-state index in [-0.39, 0.29) is 0 Å². The third kappa shape index (κ3) is 1.09. The zero-order valence-electron chi connectivity index (χ0n) is 6.09. The minimum Gasteiger partial charge on any atom is -0.287 e. The molecule has 0 amide bonds. The Kier molecular flexibility index (Phi) is 1.78. The van der Waals surface area contributed by atoms with Gasteiger partial charge in [-0.05, 0) is 20.3 Å². The fourth-order valence-electron chi connectivity index (χ4n) is 1.20. The second-order valence-electron chi connectivity index (χ2n) is 2.80. The van der Waals surface area contributed by atoms with E-state index in [2.05, 4.69) is 24.7 Å².